The molecule has 0 bridgehead atoms. The van der Waals surface area contributed by atoms with Crippen molar-refractivity contribution in [2.45, 2.75) is 18.8 Å². The summed E-state index contributed by atoms with van der Waals surface area (Å²) in [6.45, 7) is 0.133. The third kappa shape index (κ3) is 2.37. The fourth-order valence-electron chi connectivity index (χ4n) is 1.89. The molecule has 2 heterocycles. The zero-order chi connectivity index (χ0) is 12.6. The third-order valence-electron chi connectivity index (χ3n) is 2.90. The van der Waals surface area contributed by atoms with Crippen LogP contribution in [0.4, 0.5) is 14.6 Å². The van der Waals surface area contributed by atoms with Crippen LogP contribution in [0.2, 0.25) is 0 Å². The van der Waals surface area contributed by atoms with Gasteiger partial charge < -0.3 is 10.6 Å². The maximum absolute atomic E-state index is 13.0. The van der Waals surface area contributed by atoms with E-state index in [0.29, 0.717) is 5.69 Å². The number of nitrogen functional groups attached to an aromatic ring is 1. The molecule has 0 radical (unpaired) electrons. The van der Waals surface area contributed by atoms with Crippen molar-refractivity contribution < 1.29 is 13.6 Å². The lowest BCUT2D eigenvalue weighted by Crippen LogP contribution is -2.43. The summed E-state index contributed by atoms with van der Waals surface area (Å²) >= 11 is 0. The van der Waals surface area contributed by atoms with E-state index in [1.165, 1.54) is 15.6 Å². The lowest BCUT2D eigenvalue weighted by molar-refractivity contribution is -0.0495. The predicted octanol–water partition coefficient (Wildman–Crippen LogP) is 0.874. The molecule has 0 atom stereocenters. The highest BCUT2D eigenvalue weighted by Crippen LogP contribution is 2.28. The van der Waals surface area contributed by atoms with Crippen LogP contribution in [0.15, 0.2) is 6.07 Å². The van der Waals surface area contributed by atoms with Crippen LogP contribution in [0.1, 0.15) is 23.3 Å². The van der Waals surface area contributed by atoms with Gasteiger partial charge in [-0.2, -0.15) is 5.10 Å². The second-order valence-corrected chi connectivity index (χ2v) is 4.23. The molecule has 1 amide bonds. The maximum Gasteiger partial charge on any atom is 0.272 e. The number of carbonyl (C=O) groups is 1. The summed E-state index contributed by atoms with van der Waals surface area (Å²) in [5, 5.41) is 3.85. The summed E-state index contributed by atoms with van der Waals surface area (Å²) in [6, 6.07) is 1.45. The standard InChI is InChI=1S/C10H14F2N4O/c1-15-7(6-8(13)14-15)9(17)16-4-2-10(11,12)3-5-16/h6H,2-5H2,1H3,(H2,13,14). The van der Waals surface area contributed by atoms with Crippen molar-refractivity contribution in [1.82, 2.24) is 14.7 Å². The molecule has 5 nitrogen and oxygen atoms in total. The highest BCUT2D eigenvalue weighted by Gasteiger charge is 2.36. The van der Waals surface area contributed by atoms with E-state index < -0.39 is 5.92 Å². The number of aromatic nitrogens is 2. The van der Waals surface area contributed by atoms with Crippen LogP contribution >= 0.6 is 0 Å². The normalized spacial score (nSPS) is 19.4. The Balaban J connectivity index is 2.09. The molecule has 0 saturated carbocycles. The van der Waals surface area contributed by atoms with Crippen LogP contribution in [0.3, 0.4) is 0 Å². The highest BCUT2D eigenvalue weighted by atomic mass is 19.3. The molecule has 0 aromatic carbocycles. The van der Waals surface area contributed by atoms with Crippen molar-refractivity contribution in [3.8, 4) is 0 Å². The number of anilines is 1. The predicted molar refractivity (Wildman–Crippen MR) is 57.7 cm³/mol. The quantitative estimate of drug-likeness (QED) is 0.797. The van der Waals surface area contributed by atoms with Crippen LogP contribution in [0.25, 0.3) is 0 Å². The molecule has 0 spiro atoms. The van der Waals surface area contributed by atoms with Gasteiger partial charge in [-0.3, -0.25) is 9.48 Å². The first-order valence-corrected chi connectivity index (χ1v) is 5.36. The average molecular weight is 244 g/mol. The van der Waals surface area contributed by atoms with Crippen molar-refractivity contribution in [3.63, 3.8) is 0 Å². The molecule has 17 heavy (non-hydrogen) atoms. The van der Waals surface area contributed by atoms with Crippen molar-refractivity contribution >= 4 is 11.7 Å². The Morgan fingerprint density at radius 2 is 2.06 bits per heavy atom. The molecule has 94 valence electrons. The molecular formula is C10H14F2N4O. The number of rotatable bonds is 1. The van der Waals surface area contributed by atoms with E-state index >= 15 is 0 Å². The molecular weight excluding hydrogens is 230 g/mol. The number of carbonyl (C=O) groups excluding carboxylic acids is 1. The zero-order valence-electron chi connectivity index (χ0n) is 9.49. The average Bonchev–Trinajstić information content (AvgIpc) is 2.57. The molecule has 1 aliphatic heterocycles. The summed E-state index contributed by atoms with van der Waals surface area (Å²) in [5.41, 5.74) is 5.79. The number of alkyl halides is 2. The second-order valence-electron chi connectivity index (χ2n) is 4.23. The molecule has 1 aliphatic rings. The first-order chi connectivity index (χ1) is 7.89. The SMILES string of the molecule is Cn1nc(N)cc1C(=O)N1CCC(F)(F)CC1. The lowest BCUT2D eigenvalue weighted by Gasteiger charge is -2.31. The molecule has 1 fully saturated rings. The van der Waals surface area contributed by atoms with E-state index in [0.717, 1.165) is 0 Å². The van der Waals surface area contributed by atoms with Gasteiger partial charge in [-0.15, -0.1) is 0 Å². The van der Waals surface area contributed by atoms with E-state index in [1.807, 2.05) is 0 Å². The number of halogens is 2. The van der Waals surface area contributed by atoms with Crippen LogP contribution in [-0.4, -0.2) is 39.6 Å². The van der Waals surface area contributed by atoms with Gasteiger partial charge in [0, 0.05) is 39.0 Å². The Hall–Kier alpha value is -1.66. The number of likely N-dealkylation sites (tertiary alicyclic amines) is 1. The fourth-order valence-corrected chi connectivity index (χ4v) is 1.89. The Kier molecular flexibility index (Phi) is 2.76. The van der Waals surface area contributed by atoms with E-state index in [2.05, 4.69) is 5.10 Å². The van der Waals surface area contributed by atoms with E-state index in [4.69, 9.17) is 5.73 Å². The van der Waals surface area contributed by atoms with E-state index in [9.17, 15) is 13.6 Å². The van der Waals surface area contributed by atoms with Crippen molar-refractivity contribution in [3.05, 3.63) is 11.8 Å². The van der Waals surface area contributed by atoms with Gasteiger partial charge in [-0.05, 0) is 0 Å². The smallest absolute Gasteiger partial charge is 0.272 e. The lowest BCUT2D eigenvalue weighted by atomic mass is 10.1. The Bertz CT molecular complexity index is 434. The van der Waals surface area contributed by atoms with E-state index in [1.54, 1.807) is 7.05 Å². The van der Waals surface area contributed by atoms with Gasteiger partial charge in [0.05, 0.1) is 0 Å². The summed E-state index contributed by atoms with van der Waals surface area (Å²) in [4.78, 5) is 13.4. The van der Waals surface area contributed by atoms with Gasteiger partial charge in [0.15, 0.2) is 0 Å². The molecule has 2 N–H and O–H groups in total. The maximum atomic E-state index is 13.0. The van der Waals surface area contributed by atoms with Crippen LogP contribution < -0.4 is 5.73 Å². The summed E-state index contributed by atoms with van der Waals surface area (Å²) < 4.78 is 27.3. The van der Waals surface area contributed by atoms with Gasteiger partial charge in [-0.1, -0.05) is 0 Å². The molecule has 1 aromatic heterocycles. The molecule has 1 saturated heterocycles. The van der Waals surface area contributed by atoms with Gasteiger partial charge in [0.25, 0.3) is 11.8 Å². The van der Waals surface area contributed by atoms with Crippen molar-refractivity contribution in [1.29, 1.82) is 0 Å². The Morgan fingerprint density at radius 1 is 1.47 bits per heavy atom. The number of hydrogen-bond acceptors (Lipinski definition) is 3. The second kappa shape index (κ2) is 3.97. The van der Waals surface area contributed by atoms with Crippen LogP contribution in [0.5, 0.6) is 0 Å². The minimum Gasteiger partial charge on any atom is -0.382 e. The first kappa shape index (κ1) is 11.8. The topological polar surface area (TPSA) is 64.2 Å². The van der Waals surface area contributed by atoms with E-state index in [-0.39, 0.29) is 37.7 Å². The number of piperidine rings is 1. The number of hydrogen-bond donors (Lipinski definition) is 1. The molecule has 0 unspecified atom stereocenters. The number of nitrogens with two attached hydrogens (primary N) is 1. The molecule has 1 aromatic rings. The number of nitrogens with zero attached hydrogens (tertiary/aromatic N) is 3. The number of aryl methyl sites for hydroxylation is 1. The first-order valence-electron chi connectivity index (χ1n) is 5.36. The largest absolute Gasteiger partial charge is 0.382 e. The van der Waals surface area contributed by atoms with Gasteiger partial charge in [0.2, 0.25) is 0 Å². The Morgan fingerprint density at radius 3 is 2.53 bits per heavy atom. The van der Waals surface area contributed by atoms with Gasteiger partial charge in [-0.25, -0.2) is 8.78 Å². The summed E-state index contributed by atoms with van der Waals surface area (Å²) in [5.74, 6) is -2.70. The molecule has 0 aliphatic carbocycles. The van der Waals surface area contributed by atoms with Gasteiger partial charge >= 0.3 is 0 Å². The van der Waals surface area contributed by atoms with Gasteiger partial charge in [0.1, 0.15) is 11.5 Å². The molecule has 7 heteroatoms. The fraction of sp³-hybridized carbons (Fsp3) is 0.600. The molecule has 2 rings (SSSR count). The third-order valence-corrected chi connectivity index (χ3v) is 2.90. The Labute approximate surface area is 97.2 Å². The highest BCUT2D eigenvalue weighted by molar-refractivity contribution is 5.93. The van der Waals surface area contributed by atoms with Crippen LogP contribution in [-0.2, 0) is 7.05 Å². The monoisotopic (exact) mass is 244 g/mol. The minimum absolute atomic E-state index is 0.0664. The van der Waals surface area contributed by atoms with Crippen molar-refractivity contribution in [2.24, 2.45) is 7.05 Å². The number of amides is 1. The van der Waals surface area contributed by atoms with Crippen LogP contribution in [0, 0.1) is 0 Å². The summed E-state index contributed by atoms with van der Waals surface area (Å²) in [7, 11) is 1.60. The summed E-state index contributed by atoms with van der Waals surface area (Å²) in [6.07, 6.45) is -0.571. The minimum atomic E-state index is -2.65. The zero-order valence-corrected chi connectivity index (χ0v) is 9.49. The van der Waals surface area contributed by atoms with Crippen molar-refractivity contribution in [2.75, 3.05) is 18.8 Å².